The van der Waals surface area contributed by atoms with Crippen molar-refractivity contribution in [1.82, 2.24) is 4.90 Å². The summed E-state index contributed by atoms with van der Waals surface area (Å²) in [4.78, 5) is 13.9. The minimum atomic E-state index is -0.256. The number of aryl methyl sites for hydroxylation is 2. The Morgan fingerprint density at radius 2 is 1.90 bits per heavy atom. The summed E-state index contributed by atoms with van der Waals surface area (Å²) in [5.41, 5.74) is 3.19. The number of hydrogen-bond donors (Lipinski definition) is 0. The number of carbonyl (C=O) groups excluding carboxylic acids is 1. The third kappa shape index (κ3) is 4.42. The second-order valence-electron chi connectivity index (χ2n) is 5.31. The van der Waals surface area contributed by atoms with Gasteiger partial charge in [-0.2, -0.15) is 0 Å². The van der Waals surface area contributed by atoms with Gasteiger partial charge in [-0.3, -0.25) is 4.79 Å². The Labute approximate surface area is 125 Å². The van der Waals surface area contributed by atoms with Crippen molar-refractivity contribution in [3.05, 3.63) is 71.0 Å². The van der Waals surface area contributed by atoms with Crippen molar-refractivity contribution in [1.29, 1.82) is 0 Å². The monoisotopic (exact) mass is 285 g/mol. The molecular weight excluding hydrogens is 265 g/mol. The van der Waals surface area contributed by atoms with Crippen LogP contribution in [0, 0.1) is 12.7 Å². The molecule has 0 atom stereocenters. The third-order valence-corrected chi connectivity index (χ3v) is 3.61. The Bertz CT molecular complexity index is 624. The molecule has 2 rings (SSSR count). The predicted octanol–water partition coefficient (Wildman–Crippen LogP) is 3.73. The second kappa shape index (κ2) is 7.02. The van der Waals surface area contributed by atoms with Crippen LogP contribution in [0.15, 0.2) is 48.5 Å². The summed E-state index contributed by atoms with van der Waals surface area (Å²) < 4.78 is 13.1. The van der Waals surface area contributed by atoms with Gasteiger partial charge in [0, 0.05) is 20.0 Å². The van der Waals surface area contributed by atoms with Crippen molar-refractivity contribution in [3.63, 3.8) is 0 Å². The highest BCUT2D eigenvalue weighted by atomic mass is 19.1. The predicted molar refractivity (Wildman–Crippen MR) is 82.4 cm³/mol. The van der Waals surface area contributed by atoms with Crippen LogP contribution in [0.25, 0.3) is 0 Å². The first-order chi connectivity index (χ1) is 10.1. The fourth-order valence-corrected chi connectivity index (χ4v) is 2.27. The molecule has 0 aromatic heterocycles. The van der Waals surface area contributed by atoms with Gasteiger partial charge in [-0.25, -0.2) is 4.39 Å². The first-order valence-electron chi connectivity index (χ1n) is 7.09. The van der Waals surface area contributed by atoms with E-state index in [4.69, 9.17) is 0 Å². The van der Waals surface area contributed by atoms with Crippen LogP contribution < -0.4 is 0 Å². The van der Waals surface area contributed by atoms with Crippen molar-refractivity contribution in [3.8, 4) is 0 Å². The highest BCUT2D eigenvalue weighted by molar-refractivity contribution is 5.76. The minimum absolute atomic E-state index is 0.0718. The maximum Gasteiger partial charge on any atom is 0.222 e. The van der Waals surface area contributed by atoms with Gasteiger partial charge in [-0.05, 0) is 42.2 Å². The van der Waals surface area contributed by atoms with Crippen molar-refractivity contribution < 1.29 is 9.18 Å². The first kappa shape index (κ1) is 15.2. The van der Waals surface area contributed by atoms with Gasteiger partial charge < -0.3 is 4.90 Å². The second-order valence-corrected chi connectivity index (χ2v) is 5.31. The minimum Gasteiger partial charge on any atom is -0.341 e. The van der Waals surface area contributed by atoms with Crippen molar-refractivity contribution in [2.24, 2.45) is 0 Å². The van der Waals surface area contributed by atoms with Crippen LogP contribution in [0.4, 0.5) is 4.39 Å². The molecule has 1 amide bonds. The number of halogens is 1. The van der Waals surface area contributed by atoms with E-state index < -0.39 is 0 Å². The molecule has 0 aliphatic carbocycles. The summed E-state index contributed by atoms with van der Waals surface area (Å²) in [7, 11) is 1.81. The Balaban J connectivity index is 1.90. The molecule has 0 radical (unpaired) electrons. The van der Waals surface area contributed by atoms with Gasteiger partial charge in [0.15, 0.2) is 0 Å². The number of carbonyl (C=O) groups is 1. The van der Waals surface area contributed by atoms with Crippen molar-refractivity contribution in [2.75, 3.05) is 7.05 Å². The highest BCUT2D eigenvalue weighted by Crippen LogP contribution is 2.12. The van der Waals surface area contributed by atoms with E-state index in [1.54, 1.807) is 18.0 Å². The third-order valence-electron chi connectivity index (χ3n) is 3.61. The maximum atomic E-state index is 13.1. The number of benzene rings is 2. The van der Waals surface area contributed by atoms with Gasteiger partial charge in [-0.15, -0.1) is 0 Å². The molecule has 0 saturated carbocycles. The van der Waals surface area contributed by atoms with Crippen LogP contribution in [0.1, 0.15) is 23.1 Å². The number of nitrogens with zero attached hydrogens (tertiary/aromatic N) is 1. The molecule has 0 aliphatic heterocycles. The molecule has 0 aliphatic rings. The summed E-state index contributed by atoms with van der Waals surface area (Å²) in [6, 6.07) is 14.5. The molecule has 2 aromatic rings. The Hall–Kier alpha value is -2.16. The van der Waals surface area contributed by atoms with Crippen molar-refractivity contribution >= 4 is 5.91 Å². The molecule has 21 heavy (non-hydrogen) atoms. The van der Waals surface area contributed by atoms with Gasteiger partial charge in [0.05, 0.1) is 0 Å². The lowest BCUT2D eigenvalue weighted by Crippen LogP contribution is -2.26. The van der Waals surface area contributed by atoms with E-state index in [9.17, 15) is 9.18 Å². The highest BCUT2D eigenvalue weighted by Gasteiger charge is 2.10. The lowest BCUT2D eigenvalue weighted by atomic mass is 10.1. The summed E-state index contributed by atoms with van der Waals surface area (Å²) in [5.74, 6) is -0.185. The zero-order valence-corrected chi connectivity index (χ0v) is 12.5. The van der Waals surface area contributed by atoms with E-state index in [0.29, 0.717) is 19.4 Å². The van der Waals surface area contributed by atoms with E-state index in [0.717, 1.165) is 11.1 Å². The van der Waals surface area contributed by atoms with E-state index in [-0.39, 0.29) is 11.7 Å². The zero-order chi connectivity index (χ0) is 15.2. The Morgan fingerprint density at radius 1 is 1.14 bits per heavy atom. The topological polar surface area (TPSA) is 20.3 Å². The fraction of sp³-hybridized carbons (Fsp3) is 0.278. The molecule has 0 saturated heterocycles. The quantitative estimate of drug-likeness (QED) is 0.820. The number of rotatable bonds is 5. The van der Waals surface area contributed by atoms with Gasteiger partial charge >= 0.3 is 0 Å². The Kier molecular flexibility index (Phi) is 5.09. The van der Waals surface area contributed by atoms with Crippen LogP contribution in [0.5, 0.6) is 0 Å². The van der Waals surface area contributed by atoms with Crippen LogP contribution in [-0.2, 0) is 17.8 Å². The van der Waals surface area contributed by atoms with E-state index >= 15 is 0 Å². The first-order valence-corrected chi connectivity index (χ1v) is 7.09. The molecular formula is C18H20FNO. The molecule has 0 bridgehead atoms. The maximum absolute atomic E-state index is 13.1. The molecule has 110 valence electrons. The van der Waals surface area contributed by atoms with Crippen LogP contribution in [0.2, 0.25) is 0 Å². The Morgan fingerprint density at radius 3 is 2.62 bits per heavy atom. The summed E-state index contributed by atoms with van der Waals surface area (Å²) >= 11 is 0. The SMILES string of the molecule is Cc1ccccc1CN(C)C(=O)CCc1cccc(F)c1. The zero-order valence-electron chi connectivity index (χ0n) is 12.5. The fourth-order valence-electron chi connectivity index (χ4n) is 2.27. The number of amides is 1. The van der Waals surface area contributed by atoms with Gasteiger partial charge in [0.1, 0.15) is 5.82 Å². The standard InChI is InChI=1S/C18H20FNO/c1-14-6-3-4-8-16(14)13-20(2)18(21)11-10-15-7-5-9-17(19)12-15/h3-9,12H,10-11,13H2,1-2H3. The van der Waals surface area contributed by atoms with Crippen LogP contribution in [0.3, 0.4) is 0 Å². The molecule has 0 fully saturated rings. The van der Waals surface area contributed by atoms with E-state index in [1.165, 1.54) is 17.7 Å². The molecule has 0 unspecified atom stereocenters. The summed E-state index contributed by atoms with van der Waals surface area (Å²) in [6.07, 6.45) is 0.959. The lowest BCUT2D eigenvalue weighted by Gasteiger charge is -2.18. The smallest absolute Gasteiger partial charge is 0.222 e. The largest absolute Gasteiger partial charge is 0.341 e. The average molecular weight is 285 g/mol. The van der Waals surface area contributed by atoms with E-state index in [2.05, 4.69) is 0 Å². The normalized spacial score (nSPS) is 10.4. The molecule has 3 heteroatoms. The lowest BCUT2D eigenvalue weighted by molar-refractivity contribution is -0.130. The van der Waals surface area contributed by atoms with Crippen LogP contribution >= 0.6 is 0 Å². The van der Waals surface area contributed by atoms with Gasteiger partial charge in [-0.1, -0.05) is 36.4 Å². The summed E-state index contributed by atoms with van der Waals surface area (Å²) in [6.45, 7) is 2.65. The van der Waals surface area contributed by atoms with Gasteiger partial charge in [0.2, 0.25) is 5.91 Å². The van der Waals surface area contributed by atoms with Gasteiger partial charge in [0.25, 0.3) is 0 Å². The average Bonchev–Trinajstić information content (AvgIpc) is 2.47. The molecule has 0 heterocycles. The molecule has 2 aromatic carbocycles. The molecule has 0 N–H and O–H groups in total. The molecule has 2 nitrogen and oxygen atoms in total. The molecule has 0 spiro atoms. The van der Waals surface area contributed by atoms with Crippen LogP contribution in [-0.4, -0.2) is 17.9 Å². The van der Waals surface area contributed by atoms with Crippen molar-refractivity contribution in [2.45, 2.75) is 26.3 Å². The number of hydrogen-bond acceptors (Lipinski definition) is 1. The summed E-state index contributed by atoms with van der Waals surface area (Å²) in [5, 5.41) is 0. The van der Waals surface area contributed by atoms with E-state index in [1.807, 2.05) is 37.3 Å².